The first-order valence-corrected chi connectivity index (χ1v) is 8.96. The number of nitrogens with one attached hydrogen (secondary N) is 2. The Hall–Kier alpha value is -3.15. The molecule has 2 heterocycles. The minimum Gasteiger partial charge on any atom is -0.468 e. The Morgan fingerprint density at radius 3 is 2.65 bits per heavy atom. The molecule has 1 fully saturated rings. The van der Waals surface area contributed by atoms with Gasteiger partial charge in [0.2, 0.25) is 5.88 Å². The van der Waals surface area contributed by atoms with Crippen LogP contribution in [0.15, 0.2) is 30.5 Å². The largest absolute Gasteiger partial charge is 0.468 e. The number of benzene rings is 1. The van der Waals surface area contributed by atoms with Gasteiger partial charge in [0.15, 0.2) is 12.7 Å². The average Bonchev–Trinajstić information content (AvgIpc) is 3.16. The number of alkyl halides is 3. The zero-order valence-electron chi connectivity index (χ0n) is 15.3. The van der Waals surface area contributed by atoms with Gasteiger partial charge in [0.05, 0.1) is 12.6 Å². The minimum absolute atomic E-state index is 0.117. The van der Waals surface area contributed by atoms with Crippen molar-refractivity contribution in [3.05, 3.63) is 58.2 Å². The maximum Gasteiger partial charge on any atom is 0.422 e. The predicted molar refractivity (Wildman–Crippen MR) is 95.4 cm³/mol. The Labute approximate surface area is 176 Å². The van der Waals surface area contributed by atoms with E-state index < -0.39 is 53.6 Å². The second-order valence-corrected chi connectivity index (χ2v) is 6.69. The summed E-state index contributed by atoms with van der Waals surface area (Å²) in [5.74, 6) is -3.36. The van der Waals surface area contributed by atoms with Crippen molar-refractivity contribution in [1.29, 1.82) is 0 Å². The van der Waals surface area contributed by atoms with Gasteiger partial charge < -0.3 is 20.1 Å². The molecular formula is C18H13ClF5N3O4. The Kier molecular flexibility index (Phi) is 6.48. The first-order valence-electron chi connectivity index (χ1n) is 8.59. The molecule has 7 nitrogen and oxygen atoms in total. The highest BCUT2D eigenvalue weighted by Crippen LogP contribution is 2.30. The van der Waals surface area contributed by atoms with Crippen LogP contribution in [0.5, 0.6) is 5.88 Å². The van der Waals surface area contributed by atoms with Crippen molar-refractivity contribution in [3.8, 4) is 5.88 Å². The number of ether oxygens (including phenoxy) is 2. The van der Waals surface area contributed by atoms with Crippen molar-refractivity contribution >= 4 is 23.6 Å². The van der Waals surface area contributed by atoms with Gasteiger partial charge in [0, 0.05) is 17.8 Å². The molecule has 1 saturated heterocycles. The van der Waals surface area contributed by atoms with Crippen LogP contribution >= 0.6 is 11.6 Å². The lowest BCUT2D eigenvalue weighted by Crippen LogP contribution is -2.39. The number of hydrogen-bond acceptors (Lipinski definition) is 5. The number of halogens is 6. The summed E-state index contributed by atoms with van der Waals surface area (Å²) >= 11 is 5.62. The highest BCUT2D eigenvalue weighted by molar-refractivity contribution is 6.31. The Morgan fingerprint density at radius 1 is 1.32 bits per heavy atom. The molecule has 0 unspecified atom stereocenters. The quantitative estimate of drug-likeness (QED) is 0.505. The minimum atomic E-state index is -4.57. The SMILES string of the molecule is O=C1NC[C@@H](C(=O)N[C@H](c2ccc(OCC(F)(F)F)nc2)c2ccc(F)c(Cl)c2F)O1. The third-order valence-corrected chi connectivity index (χ3v) is 4.46. The van der Waals surface area contributed by atoms with E-state index in [0.717, 1.165) is 24.4 Å². The van der Waals surface area contributed by atoms with E-state index in [2.05, 4.69) is 20.4 Å². The summed E-state index contributed by atoms with van der Waals surface area (Å²) < 4.78 is 74.3. The lowest BCUT2D eigenvalue weighted by atomic mass is 9.99. The van der Waals surface area contributed by atoms with Crippen LogP contribution in [0.3, 0.4) is 0 Å². The van der Waals surface area contributed by atoms with Crippen molar-refractivity contribution in [2.24, 2.45) is 0 Å². The number of rotatable bonds is 6. The molecule has 2 amide bonds. The fourth-order valence-corrected chi connectivity index (χ4v) is 2.85. The molecular weight excluding hydrogens is 453 g/mol. The summed E-state index contributed by atoms with van der Waals surface area (Å²) in [5, 5.41) is 3.90. The van der Waals surface area contributed by atoms with Gasteiger partial charge in [-0.25, -0.2) is 18.6 Å². The first-order chi connectivity index (χ1) is 14.5. The number of nitrogens with zero attached hydrogens (tertiary/aromatic N) is 1. The molecule has 2 N–H and O–H groups in total. The Morgan fingerprint density at radius 2 is 2.06 bits per heavy atom. The zero-order chi connectivity index (χ0) is 22.8. The summed E-state index contributed by atoms with van der Waals surface area (Å²) in [6.45, 7) is -1.70. The molecule has 31 heavy (non-hydrogen) atoms. The first kappa shape index (κ1) is 22.5. The molecule has 0 bridgehead atoms. The van der Waals surface area contributed by atoms with E-state index in [4.69, 9.17) is 16.3 Å². The van der Waals surface area contributed by atoms with Crippen LogP contribution in [-0.4, -0.2) is 42.4 Å². The van der Waals surface area contributed by atoms with E-state index in [1.807, 2.05) is 0 Å². The number of cyclic esters (lactones) is 1. The second-order valence-electron chi connectivity index (χ2n) is 6.31. The van der Waals surface area contributed by atoms with Crippen molar-refractivity contribution in [3.63, 3.8) is 0 Å². The highest BCUT2D eigenvalue weighted by Gasteiger charge is 2.33. The molecule has 1 aromatic carbocycles. The third kappa shape index (κ3) is 5.51. The molecule has 0 aliphatic carbocycles. The molecule has 0 radical (unpaired) electrons. The van der Waals surface area contributed by atoms with Gasteiger partial charge in [0.1, 0.15) is 16.7 Å². The van der Waals surface area contributed by atoms with Crippen LogP contribution in [0.2, 0.25) is 5.02 Å². The highest BCUT2D eigenvalue weighted by atomic mass is 35.5. The Balaban J connectivity index is 1.89. The summed E-state index contributed by atoms with van der Waals surface area (Å²) in [6.07, 6.45) is -5.55. The van der Waals surface area contributed by atoms with Crippen molar-refractivity contribution < 1.29 is 41.0 Å². The number of pyridine rings is 1. The maximum atomic E-state index is 14.6. The fraction of sp³-hybridized carbons (Fsp3) is 0.278. The number of aromatic nitrogens is 1. The number of amides is 2. The van der Waals surface area contributed by atoms with Gasteiger partial charge in [-0.3, -0.25) is 4.79 Å². The molecule has 1 aliphatic rings. The third-order valence-electron chi connectivity index (χ3n) is 4.11. The standard InChI is InChI=1S/C18H13ClF5N3O4/c19-13-10(20)3-2-9(14(13)21)15(27-16(28)11-6-26-17(29)31-11)8-1-4-12(25-5-8)30-7-18(22,23)24/h1-5,11,15H,6-7H2,(H,26,29)(H,27,28)/t11-,15+/m0/s1. The number of hydrogen-bond donors (Lipinski definition) is 2. The van der Waals surface area contributed by atoms with Gasteiger partial charge in [-0.15, -0.1) is 0 Å². The van der Waals surface area contributed by atoms with E-state index in [0.29, 0.717) is 0 Å². The van der Waals surface area contributed by atoms with Crippen LogP contribution in [-0.2, 0) is 9.53 Å². The fourth-order valence-electron chi connectivity index (χ4n) is 2.68. The molecule has 0 saturated carbocycles. The lowest BCUT2D eigenvalue weighted by Gasteiger charge is -2.22. The van der Waals surface area contributed by atoms with Gasteiger partial charge in [0.25, 0.3) is 5.91 Å². The molecule has 2 atom stereocenters. The number of carbonyl (C=O) groups is 2. The molecule has 166 valence electrons. The Bertz CT molecular complexity index is 987. The lowest BCUT2D eigenvalue weighted by molar-refractivity contribution is -0.154. The van der Waals surface area contributed by atoms with Gasteiger partial charge in [-0.2, -0.15) is 13.2 Å². The summed E-state index contributed by atoms with van der Waals surface area (Å²) in [7, 11) is 0. The van der Waals surface area contributed by atoms with Crippen LogP contribution in [0.4, 0.5) is 26.7 Å². The molecule has 2 aromatic rings. The van der Waals surface area contributed by atoms with E-state index in [9.17, 15) is 31.5 Å². The molecule has 3 rings (SSSR count). The van der Waals surface area contributed by atoms with Crippen LogP contribution in [0.1, 0.15) is 17.2 Å². The van der Waals surface area contributed by atoms with E-state index in [-0.39, 0.29) is 23.6 Å². The normalized spacial score (nSPS) is 17.0. The molecule has 1 aromatic heterocycles. The van der Waals surface area contributed by atoms with E-state index >= 15 is 0 Å². The predicted octanol–water partition coefficient (Wildman–Crippen LogP) is 3.27. The molecule has 13 heteroatoms. The maximum absolute atomic E-state index is 14.6. The summed E-state index contributed by atoms with van der Waals surface area (Å²) in [6, 6.07) is 2.95. The second kappa shape index (κ2) is 8.92. The molecule has 0 spiro atoms. The summed E-state index contributed by atoms with van der Waals surface area (Å²) in [5.41, 5.74) is -0.130. The van der Waals surface area contributed by atoms with Crippen molar-refractivity contribution in [2.45, 2.75) is 18.3 Å². The number of alkyl carbamates (subject to hydrolysis) is 1. The zero-order valence-corrected chi connectivity index (χ0v) is 16.1. The van der Waals surface area contributed by atoms with Gasteiger partial charge >= 0.3 is 12.3 Å². The van der Waals surface area contributed by atoms with Gasteiger partial charge in [-0.1, -0.05) is 17.7 Å². The van der Waals surface area contributed by atoms with Gasteiger partial charge in [-0.05, 0) is 17.7 Å². The van der Waals surface area contributed by atoms with Crippen LogP contribution in [0.25, 0.3) is 0 Å². The van der Waals surface area contributed by atoms with Crippen LogP contribution < -0.4 is 15.4 Å². The van der Waals surface area contributed by atoms with E-state index in [1.165, 1.54) is 6.07 Å². The van der Waals surface area contributed by atoms with Crippen LogP contribution in [0, 0.1) is 11.6 Å². The topological polar surface area (TPSA) is 89.6 Å². The average molecular weight is 466 g/mol. The smallest absolute Gasteiger partial charge is 0.422 e. The number of carbonyl (C=O) groups excluding carboxylic acids is 2. The van der Waals surface area contributed by atoms with Crippen molar-refractivity contribution in [2.75, 3.05) is 13.2 Å². The molecule has 1 aliphatic heterocycles. The van der Waals surface area contributed by atoms with Crippen molar-refractivity contribution in [1.82, 2.24) is 15.6 Å². The summed E-state index contributed by atoms with van der Waals surface area (Å²) in [4.78, 5) is 27.3. The van der Waals surface area contributed by atoms with E-state index in [1.54, 1.807) is 0 Å². The monoisotopic (exact) mass is 465 g/mol.